The molecule has 9 heteroatoms. The van der Waals surface area contributed by atoms with Gasteiger partial charge in [0.1, 0.15) is 0 Å². The van der Waals surface area contributed by atoms with Gasteiger partial charge >= 0.3 is 5.97 Å². The molecule has 0 unspecified atom stereocenters. The molecule has 2 amide bonds. The predicted octanol–water partition coefficient (Wildman–Crippen LogP) is 15.3. The summed E-state index contributed by atoms with van der Waals surface area (Å²) >= 11 is 0. The van der Waals surface area contributed by atoms with Gasteiger partial charge in [0.2, 0.25) is 12.3 Å². The van der Waals surface area contributed by atoms with E-state index in [9.17, 15) is 14.4 Å². The van der Waals surface area contributed by atoms with Crippen LogP contribution >= 0.6 is 0 Å². The lowest BCUT2D eigenvalue weighted by atomic mass is 10.1. The summed E-state index contributed by atoms with van der Waals surface area (Å²) in [7, 11) is 0. The summed E-state index contributed by atoms with van der Waals surface area (Å²) in [6.07, 6.45) is 49.5. The number of rotatable bonds is 58. The molecule has 0 aliphatic heterocycles. The highest BCUT2D eigenvalue weighted by Crippen LogP contribution is 2.15. The van der Waals surface area contributed by atoms with Crippen LogP contribution in [-0.2, 0) is 19.1 Å². The van der Waals surface area contributed by atoms with Crippen molar-refractivity contribution in [2.45, 2.75) is 285 Å². The summed E-state index contributed by atoms with van der Waals surface area (Å²) < 4.78 is 5.68. The van der Waals surface area contributed by atoms with Crippen LogP contribution in [0.2, 0.25) is 0 Å². The van der Waals surface area contributed by atoms with Crippen LogP contribution in [0.25, 0.3) is 0 Å². The maximum Gasteiger partial charge on any atom is 0.305 e. The highest BCUT2D eigenvalue weighted by atomic mass is 16.5. The van der Waals surface area contributed by atoms with E-state index < -0.39 is 0 Å². The Bertz CT molecular complexity index is 1050. The highest BCUT2D eigenvalue weighted by molar-refractivity contribution is 5.78. The average Bonchev–Trinajstić information content (AvgIpc) is 3.35. The summed E-state index contributed by atoms with van der Waals surface area (Å²) in [5.74, 6) is 0.139. The maximum absolute atomic E-state index is 14.4. The monoisotopic (exact) mass is 976 g/mol. The molecule has 0 aromatic heterocycles. The van der Waals surface area contributed by atoms with Gasteiger partial charge in [-0.05, 0) is 77.7 Å². The molecule has 0 atom stereocenters. The van der Waals surface area contributed by atoms with E-state index in [1.54, 1.807) is 0 Å². The largest absolute Gasteiger partial charge is 0.466 e. The second-order valence-electron chi connectivity index (χ2n) is 21.0. The molecule has 0 aliphatic rings. The lowest BCUT2D eigenvalue weighted by Gasteiger charge is -2.31. The fraction of sp³-hybridized carbons (Fsp3) is 0.950. The van der Waals surface area contributed by atoms with Gasteiger partial charge in [0.25, 0.3) is 0 Å². The molecule has 0 spiro atoms. The van der Waals surface area contributed by atoms with E-state index >= 15 is 0 Å². The van der Waals surface area contributed by atoms with E-state index in [0.717, 1.165) is 77.8 Å². The number of hydrogen-bond donors (Lipinski definition) is 1. The van der Waals surface area contributed by atoms with Gasteiger partial charge < -0.3 is 24.8 Å². The predicted molar refractivity (Wildman–Crippen MR) is 299 cm³/mol. The van der Waals surface area contributed by atoms with Crippen LogP contribution in [0.15, 0.2) is 0 Å². The van der Waals surface area contributed by atoms with Crippen LogP contribution in [0, 0.1) is 0 Å². The minimum atomic E-state index is -0.0547. The Kier molecular flexibility index (Phi) is 54.2. The Balaban J connectivity index is 5.70. The molecular formula is C60H121N5O4. The molecule has 0 aliphatic carbocycles. The molecular weight excluding hydrogens is 855 g/mol. The molecule has 0 rings (SSSR count). The van der Waals surface area contributed by atoms with E-state index in [-0.39, 0.29) is 11.9 Å². The molecule has 69 heavy (non-hydrogen) atoms. The van der Waals surface area contributed by atoms with Crippen LogP contribution in [0.3, 0.4) is 0 Å². The number of unbranched alkanes of at least 4 members (excludes halogenated alkanes) is 31. The van der Waals surface area contributed by atoms with Crippen molar-refractivity contribution in [1.29, 1.82) is 0 Å². The number of nitrogens with one attached hydrogen (secondary N) is 1. The third kappa shape index (κ3) is 48.3. The Labute approximate surface area is 430 Å². The standard InChI is InChI=1S/C60H121N5O4/c1-6-11-16-21-25-26-27-31-35-38-46-62(51-43-56-69-60(68)44-37-32-20-15-10-5)50-42-52-65(53-45-61-58-66)59(67)57-64(49-41-36-30-24-19-14-9-4)55-54-63(47-39-33-28-22-17-12-7-2)48-40-34-29-23-18-13-8-3/h58H,6-57H2,1-5H3,(H,61,66). The van der Waals surface area contributed by atoms with Gasteiger partial charge in [-0.2, -0.15) is 0 Å². The third-order valence-electron chi connectivity index (χ3n) is 14.4. The van der Waals surface area contributed by atoms with Gasteiger partial charge in [-0.1, -0.05) is 234 Å². The van der Waals surface area contributed by atoms with Crippen molar-refractivity contribution in [2.75, 3.05) is 85.1 Å². The molecule has 0 bridgehead atoms. The van der Waals surface area contributed by atoms with Gasteiger partial charge in [0, 0.05) is 45.7 Å². The summed E-state index contributed by atoms with van der Waals surface area (Å²) in [5, 5.41) is 2.85. The van der Waals surface area contributed by atoms with Crippen molar-refractivity contribution in [3.8, 4) is 0 Å². The van der Waals surface area contributed by atoms with Crippen LogP contribution < -0.4 is 5.32 Å². The average molecular weight is 977 g/mol. The smallest absolute Gasteiger partial charge is 0.305 e. The topological polar surface area (TPSA) is 85.4 Å². The molecule has 410 valence electrons. The van der Waals surface area contributed by atoms with Gasteiger partial charge in [0.05, 0.1) is 13.2 Å². The molecule has 0 aromatic carbocycles. The van der Waals surface area contributed by atoms with Crippen LogP contribution in [-0.4, -0.2) is 123 Å². The highest BCUT2D eigenvalue weighted by Gasteiger charge is 2.19. The second kappa shape index (κ2) is 55.6. The number of hydrogen-bond acceptors (Lipinski definition) is 7. The first-order chi connectivity index (χ1) is 33.9. The minimum absolute atomic E-state index is 0.0547. The van der Waals surface area contributed by atoms with Gasteiger partial charge in [-0.15, -0.1) is 0 Å². The summed E-state index contributed by atoms with van der Waals surface area (Å²) in [4.78, 5) is 48.0. The van der Waals surface area contributed by atoms with E-state index in [2.05, 4.69) is 54.6 Å². The summed E-state index contributed by atoms with van der Waals surface area (Å²) in [6, 6.07) is 0. The molecule has 0 radical (unpaired) electrons. The lowest BCUT2D eigenvalue weighted by molar-refractivity contribution is -0.144. The number of nitrogens with zero attached hydrogens (tertiary/aromatic N) is 4. The first-order valence-corrected chi connectivity index (χ1v) is 30.7. The third-order valence-corrected chi connectivity index (χ3v) is 14.4. The fourth-order valence-corrected chi connectivity index (χ4v) is 9.74. The first kappa shape index (κ1) is 67.3. The Morgan fingerprint density at radius 3 is 1.12 bits per heavy atom. The molecule has 0 aromatic rings. The number of ether oxygens (including phenoxy) is 1. The van der Waals surface area contributed by atoms with Crippen LogP contribution in [0.5, 0.6) is 0 Å². The van der Waals surface area contributed by atoms with E-state index in [4.69, 9.17) is 4.74 Å². The Hall–Kier alpha value is -1.71. The van der Waals surface area contributed by atoms with Gasteiger partial charge in [-0.3, -0.25) is 19.3 Å². The minimum Gasteiger partial charge on any atom is -0.466 e. The molecule has 9 nitrogen and oxygen atoms in total. The number of esters is 1. The molecule has 0 fully saturated rings. The zero-order valence-electron chi connectivity index (χ0n) is 47.3. The number of carbonyl (C=O) groups is 3. The Morgan fingerprint density at radius 2 is 0.696 bits per heavy atom. The Morgan fingerprint density at radius 1 is 0.362 bits per heavy atom. The lowest BCUT2D eigenvalue weighted by Crippen LogP contribution is -2.46. The van der Waals surface area contributed by atoms with Crippen molar-refractivity contribution in [3.05, 3.63) is 0 Å². The van der Waals surface area contributed by atoms with E-state index in [0.29, 0.717) is 39.2 Å². The first-order valence-electron chi connectivity index (χ1n) is 30.7. The van der Waals surface area contributed by atoms with Gasteiger partial charge in [0.15, 0.2) is 0 Å². The SMILES string of the molecule is CCCCCCCCCCCCN(CCCOC(=O)CCCCCCC)CCCN(CCNC=O)C(=O)CN(CCCCCCCCC)CCN(CCCCCCCCC)CCCCCCCCC. The maximum atomic E-state index is 14.4. The molecule has 0 saturated heterocycles. The molecule has 1 N–H and O–H groups in total. The van der Waals surface area contributed by atoms with Crippen molar-refractivity contribution >= 4 is 18.3 Å². The van der Waals surface area contributed by atoms with Crippen molar-refractivity contribution in [1.82, 2.24) is 24.9 Å². The zero-order valence-corrected chi connectivity index (χ0v) is 47.3. The second-order valence-corrected chi connectivity index (χ2v) is 21.0. The normalized spacial score (nSPS) is 11.7. The molecule has 0 saturated carbocycles. The van der Waals surface area contributed by atoms with E-state index in [1.807, 2.05) is 4.90 Å². The van der Waals surface area contributed by atoms with Crippen molar-refractivity contribution in [2.24, 2.45) is 0 Å². The van der Waals surface area contributed by atoms with E-state index in [1.165, 1.54) is 225 Å². The van der Waals surface area contributed by atoms with Crippen molar-refractivity contribution in [3.63, 3.8) is 0 Å². The quantitative estimate of drug-likeness (QED) is 0.0369. The van der Waals surface area contributed by atoms with Crippen LogP contribution in [0.1, 0.15) is 285 Å². The number of amides is 2. The summed E-state index contributed by atoms with van der Waals surface area (Å²) in [6.45, 7) is 22.2. The number of carbonyl (C=O) groups excluding carboxylic acids is 3. The fourth-order valence-electron chi connectivity index (χ4n) is 9.74. The van der Waals surface area contributed by atoms with Crippen molar-refractivity contribution < 1.29 is 19.1 Å². The van der Waals surface area contributed by atoms with Gasteiger partial charge in [-0.25, -0.2) is 0 Å². The molecule has 0 heterocycles. The van der Waals surface area contributed by atoms with Crippen LogP contribution in [0.4, 0.5) is 0 Å². The summed E-state index contributed by atoms with van der Waals surface area (Å²) in [5.41, 5.74) is 0. The zero-order chi connectivity index (χ0) is 50.4.